The van der Waals surface area contributed by atoms with Gasteiger partial charge < -0.3 is 14.2 Å². The zero-order chi connectivity index (χ0) is 27.9. The third-order valence-electron chi connectivity index (χ3n) is 6.06. The number of hydrogen-bond acceptors (Lipinski definition) is 4. The summed E-state index contributed by atoms with van der Waals surface area (Å²) in [6, 6.07) is 1.21. The van der Waals surface area contributed by atoms with E-state index in [4.69, 9.17) is 14.2 Å². The Bertz CT molecular complexity index is 1130. The smallest absolute Gasteiger partial charge is 0.416 e. The minimum absolute atomic E-state index is 0.0120. The number of amides is 1. The number of anilines is 1. The third-order valence-corrected chi connectivity index (χ3v) is 6.06. The lowest BCUT2D eigenvalue weighted by Crippen LogP contribution is -2.46. The Labute approximate surface area is 206 Å². The van der Waals surface area contributed by atoms with Crippen molar-refractivity contribution in [2.75, 3.05) is 25.7 Å². The fraction of sp³-hybridized carbons (Fsp3) is 0.458. The van der Waals surface area contributed by atoms with Crippen LogP contribution in [0.2, 0.25) is 0 Å². The number of fused-ring (bicyclic) bond motifs is 1. The zero-order valence-electron chi connectivity index (χ0n) is 20.1. The molecule has 2 aromatic rings. The van der Waals surface area contributed by atoms with Crippen LogP contribution in [0.3, 0.4) is 0 Å². The standard InChI is InChI=1S/C24H23F8NO4/c1-5-37-21(34)33-12(2)6-17(16-10-19(35-3)20(36-4)11-18(16)33)22(25,26)13-7-14(23(27,28)29)9-15(8-13)24(30,31)32/h7-12,17H,5-6H2,1-4H3/t12-,17+/m1/s1. The second-order valence-corrected chi connectivity index (χ2v) is 8.39. The van der Waals surface area contributed by atoms with Gasteiger partial charge in [-0.3, -0.25) is 4.90 Å². The van der Waals surface area contributed by atoms with Crippen molar-refractivity contribution in [2.24, 2.45) is 0 Å². The van der Waals surface area contributed by atoms with Gasteiger partial charge in [-0.05, 0) is 50.1 Å². The normalized spacial score (nSPS) is 18.3. The summed E-state index contributed by atoms with van der Waals surface area (Å²) in [5, 5.41) is 0. The summed E-state index contributed by atoms with van der Waals surface area (Å²) in [6.07, 6.45) is -12.0. The fourth-order valence-corrected chi connectivity index (χ4v) is 4.35. The lowest BCUT2D eigenvalue weighted by Gasteiger charge is -2.41. The number of carbonyl (C=O) groups is 1. The van der Waals surface area contributed by atoms with Crippen LogP contribution >= 0.6 is 0 Å². The van der Waals surface area contributed by atoms with Crippen molar-refractivity contribution < 1.29 is 54.1 Å². The van der Waals surface area contributed by atoms with E-state index < -0.39 is 59.4 Å². The molecule has 3 rings (SSSR count). The molecule has 0 spiro atoms. The van der Waals surface area contributed by atoms with Crippen molar-refractivity contribution >= 4 is 11.8 Å². The van der Waals surface area contributed by atoms with Crippen LogP contribution in [0.15, 0.2) is 30.3 Å². The second-order valence-electron chi connectivity index (χ2n) is 8.39. The van der Waals surface area contributed by atoms with Crippen molar-refractivity contribution in [1.82, 2.24) is 0 Å². The summed E-state index contributed by atoms with van der Waals surface area (Å²) in [5.74, 6) is -6.11. The molecule has 2 atom stereocenters. The van der Waals surface area contributed by atoms with Crippen LogP contribution in [0.1, 0.15) is 48.4 Å². The van der Waals surface area contributed by atoms with E-state index in [1.54, 1.807) is 0 Å². The number of alkyl halides is 8. The molecular formula is C24H23F8NO4. The lowest BCUT2D eigenvalue weighted by atomic mass is 9.78. The van der Waals surface area contributed by atoms with E-state index in [0.29, 0.717) is 0 Å². The molecule has 0 fully saturated rings. The van der Waals surface area contributed by atoms with Crippen molar-refractivity contribution in [3.8, 4) is 11.5 Å². The first-order valence-corrected chi connectivity index (χ1v) is 11.0. The maximum atomic E-state index is 16.0. The Hall–Kier alpha value is -3.25. The topological polar surface area (TPSA) is 48.0 Å². The minimum atomic E-state index is -5.30. The number of benzene rings is 2. The molecule has 0 radical (unpaired) electrons. The monoisotopic (exact) mass is 541 g/mol. The summed E-state index contributed by atoms with van der Waals surface area (Å²) in [4.78, 5) is 13.7. The fourth-order valence-electron chi connectivity index (χ4n) is 4.35. The van der Waals surface area contributed by atoms with Crippen molar-refractivity contribution in [1.29, 1.82) is 0 Å². The Morgan fingerprint density at radius 1 is 0.865 bits per heavy atom. The molecule has 5 nitrogen and oxygen atoms in total. The molecule has 204 valence electrons. The highest BCUT2D eigenvalue weighted by atomic mass is 19.4. The van der Waals surface area contributed by atoms with Gasteiger partial charge in [0.1, 0.15) is 0 Å². The minimum Gasteiger partial charge on any atom is -0.493 e. The van der Waals surface area contributed by atoms with Gasteiger partial charge in [-0.1, -0.05) is 0 Å². The largest absolute Gasteiger partial charge is 0.493 e. The van der Waals surface area contributed by atoms with Crippen LogP contribution in [-0.4, -0.2) is 33.0 Å². The summed E-state index contributed by atoms with van der Waals surface area (Å²) >= 11 is 0. The molecular weight excluding hydrogens is 518 g/mol. The van der Waals surface area contributed by atoms with E-state index in [0.717, 1.165) is 11.0 Å². The van der Waals surface area contributed by atoms with Crippen molar-refractivity contribution in [2.45, 2.75) is 50.5 Å². The Kier molecular flexibility index (Phi) is 7.58. The number of hydrogen-bond donors (Lipinski definition) is 0. The molecule has 1 heterocycles. The molecule has 37 heavy (non-hydrogen) atoms. The zero-order valence-corrected chi connectivity index (χ0v) is 20.1. The molecule has 0 unspecified atom stereocenters. The molecule has 1 amide bonds. The van der Waals surface area contributed by atoms with E-state index in [1.165, 1.54) is 34.1 Å². The van der Waals surface area contributed by atoms with Crippen LogP contribution in [0, 0.1) is 0 Å². The summed E-state index contributed by atoms with van der Waals surface area (Å²) in [7, 11) is 2.48. The van der Waals surface area contributed by atoms with Gasteiger partial charge in [0.15, 0.2) is 11.5 Å². The van der Waals surface area contributed by atoms with Crippen LogP contribution in [0.25, 0.3) is 0 Å². The van der Waals surface area contributed by atoms with Gasteiger partial charge in [0, 0.05) is 17.7 Å². The Morgan fingerprint density at radius 3 is 1.81 bits per heavy atom. The predicted molar refractivity (Wildman–Crippen MR) is 116 cm³/mol. The van der Waals surface area contributed by atoms with E-state index in [9.17, 15) is 31.1 Å². The molecule has 2 aromatic carbocycles. The van der Waals surface area contributed by atoms with Gasteiger partial charge in [-0.25, -0.2) is 13.6 Å². The Morgan fingerprint density at radius 2 is 1.35 bits per heavy atom. The third kappa shape index (κ3) is 5.40. The Balaban J connectivity index is 2.27. The number of carbonyl (C=O) groups excluding carboxylic acids is 1. The average molecular weight is 541 g/mol. The van der Waals surface area contributed by atoms with E-state index in [-0.39, 0.29) is 47.6 Å². The quantitative estimate of drug-likeness (QED) is 0.371. The lowest BCUT2D eigenvalue weighted by molar-refractivity contribution is -0.143. The average Bonchev–Trinajstić information content (AvgIpc) is 2.81. The van der Waals surface area contributed by atoms with Gasteiger partial charge >= 0.3 is 18.4 Å². The maximum absolute atomic E-state index is 16.0. The highest BCUT2D eigenvalue weighted by Gasteiger charge is 2.50. The number of ether oxygens (including phenoxy) is 3. The first kappa shape index (κ1) is 28.3. The number of halogens is 8. The second kappa shape index (κ2) is 9.90. The van der Waals surface area contributed by atoms with Gasteiger partial charge in [0.2, 0.25) is 0 Å². The molecule has 0 saturated heterocycles. The maximum Gasteiger partial charge on any atom is 0.416 e. The number of nitrogens with zero attached hydrogens (tertiary/aromatic N) is 1. The molecule has 0 bridgehead atoms. The van der Waals surface area contributed by atoms with Crippen LogP contribution in [0.4, 0.5) is 45.6 Å². The van der Waals surface area contributed by atoms with Crippen molar-refractivity contribution in [3.05, 3.63) is 52.6 Å². The summed E-state index contributed by atoms with van der Waals surface area (Å²) in [6.45, 7) is 2.91. The highest BCUT2D eigenvalue weighted by Crippen LogP contribution is 2.54. The van der Waals surface area contributed by atoms with Gasteiger partial charge in [-0.2, -0.15) is 26.3 Å². The predicted octanol–water partition coefficient (Wildman–Crippen LogP) is 7.37. The van der Waals surface area contributed by atoms with Gasteiger partial charge in [-0.15, -0.1) is 0 Å². The molecule has 0 N–H and O–H groups in total. The molecule has 0 aliphatic carbocycles. The number of methoxy groups -OCH3 is 2. The van der Waals surface area contributed by atoms with E-state index >= 15 is 8.78 Å². The first-order valence-electron chi connectivity index (χ1n) is 11.0. The molecule has 1 aliphatic heterocycles. The molecule has 0 saturated carbocycles. The summed E-state index contributed by atoms with van der Waals surface area (Å²) < 4.78 is 128. The van der Waals surface area contributed by atoms with Crippen LogP contribution in [-0.2, 0) is 23.0 Å². The highest BCUT2D eigenvalue weighted by molar-refractivity contribution is 5.91. The number of rotatable bonds is 5. The molecule has 0 aromatic heterocycles. The van der Waals surface area contributed by atoms with Crippen molar-refractivity contribution in [3.63, 3.8) is 0 Å². The van der Waals surface area contributed by atoms with Crippen LogP contribution < -0.4 is 14.4 Å². The molecule has 1 aliphatic rings. The van der Waals surface area contributed by atoms with Gasteiger partial charge in [0.05, 0.1) is 43.6 Å². The van der Waals surface area contributed by atoms with Gasteiger partial charge in [0.25, 0.3) is 5.92 Å². The van der Waals surface area contributed by atoms with E-state index in [2.05, 4.69) is 0 Å². The SMILES string of the molecule is CCOC(=O)N1c2cc(OC)c(OC)cc2[C@@H](C(F)(F)c2cc(C(F)(F)F)cc(C(F)(F)F)c2)C[C@H]1C. The summed E-state index contributed by atoms with van der Waals surface area (Å²) in [5.41, 5.74) is -5.51. The first-order chi connectivity index (χ1) is 17.1. The molecule has 13 heteroatoms. The van der Waals surface area contributed by atoms with E-state index in [1.807, 2.05) is 0 Å². The van der Waals surface area contributed by atoms with Crippen LogP contribution in [0.5, 0.6) is 11.5 Å².